The van der Waals surface area contributed by atoms with Gasteiger partial charge in [0.2, 0.25) is 17.7 Å². The second-order valence-electron chi connectivity index (χ2n) is 6.43. The Morgan fingerprint density at radius 2 is 1.63 bits per heavy atom. The van der Waals surface area contributed by atoms with Crippen molar-refractivity contribution in [1.29, 1.82) is 0 Å². The molecule has 1 heterocycles. The van der Waals surface area contributed by atoms with Crippen LogP contribution < -0.4 is 16.0 Å². The summed E-state index contributed by atoms with van der Waals surface area (Å²) in [5.41, 5.74) is 1.50. The van der Waals surface area contributed by atoms with Crippen LogP contribution in [0.25, 0.3) is 0 Å². The van der Waals surface area contributed by atoms with E-state index in [0.717, 1.165) is 5.56 Å². The van der Waals surface area contributed by atoms with E-state index >= 15 is 0 Å². The lowest BCUT2D eigenvalue weighted by Crippen LogP contribution is -2.34. The van der Waals surface area contributed by atoms with E-state index < -0.39 is 12.1 Å². The number of nitrogens with zero attached hydrogens (tertiary/aromatic N) is 2. The van der Waals surface area contributed by atoms with Gasteiger partial charge in [-0.05, 0) is 42.0 Å². The van der Waals surface area contributed by atoms with Crippen molar-refractivity contribution < 1.29 is 14.0 Å². The number of aromatic nitrogens is 2. The highest BCUT2D eigenvalue weighted by Gasteiger charge is 2.22. The molecule has 0 unspecified atom stereocenters. The number of urea groups is 1. The largest absolute Gasteiger partial charge is 0.421 e. The number of hydrogen-bond acceptors (Lipinski definition) is 5. The Bertz CT molecular complexity index is 1010. The number of halogens is 2. The molecule has 3 N–H and O–H groups in total. The molecule has 1 atom stereocenters. The lowest BCUT2D eigenvalue weighted by molar-refractivity contribution is -0.119. The van der Waals surface area contributed by atoms with Crippen molar-refractivity contribution in [2.24, 2.45) is 0 Å². The Morgan fingerprint density at radius 3 is 2.27 bits per heavy atom. The van der Waals surface area contributed by atoms with Crippen molar-refractivity contribution in [2.75, 3.05) is 5.32 Å². The SMILES string of the molecule is CC(=O)NCc1nnc([C@H](Cc2ccc(Cl)cc2)NC(=O)Nc2ccc(Cl)cc2)o1. The van der Waals surface area contributed by atoms with Gasteiger partial charge < -0.3 is 20.4 Å². The van der Waals surface area contributed by atoms with Gasteiger partial charge in [0, 0.05) is 29.1 Å². The summed E-state index contributed by atoms with van der Waals surface area (Å²) >= 11 is 11.8. The van der Waals surface area contributed by atoms with Gasteiger partial charge in [-0.2, -0.15) is 0 Å². The van der Waals surface area contributed by atoms with Gasteiger partial charge in [0.15, 0.2) is 0 Å². The van der Waals surface area contributed by atoms with Gasteiger partial charge in [0.05, 0.1) is 6.54 Å². The fourth-order valence-corrected chi connectivity index (χ4v) is 2.85. The predicted octanol–water partition coefficient (Wildman–Crippen LogP) is 4.12. The zero-order valence-electron chi connectivity index (χ0n) is 16.0. The van der Waals surface area contributed by atoms with E-state index in [0.29, 0.717) is 22.2 Å². The maximum atomic E-state index is 12.5. The van der Waals surface area contributed by atoms with Crippen molar-refractivity contribution in [3.63, 3.8) is 0 Å². The average molecular weight is 448 g/mol. The number of carbonyl (C=O) groups is 2. The van der Waals surface area contributed by atoms with Gasteiger partial charge >= 0.3 is 6.03 Å². The highest BCUT2D eigenvalue weighted by molar-refractivity contribution is 6.30. The predicted molar refractivity (Wildman–Crippen MR) is 113 cm³/mol. The van der Waals surface area contributed by atoms with Crippen molar-refractivity contribution in [1.82, 2.24) is 20.8 Å². The molecular weight excluding hydrogens is 429 g/mol. The highest BCUT2D eigenvalue weighted by Crippen LogP contribution is 2.20. The van der Waals surface area contributed by atoms with Gasteiger partial charge in [0.25, 0.3) is 0 Å². The van der Waals surface area contributed by atoms with Crippen LogP contribution in [-0.4, -0.2) is 22.1 Å². The number of amides is 3. The van der Waals surface area contributed by atoms with Crippen molar-refractivity contribution in [3.05, 3.63) is 75.9 Å². The van der Waals surface area contributed by atoms with E-state index in [9.17, 15) is 9.59 Å². The lowest BCUT2D eigenvalue weighted by Gasteiger charge is -2.16. The summed E-state index contributed by atoms with van der Waals surface area (Å²) in [6, 6.07) is 12.9. The highest BCUT2D eigenvalue weighted by atomic mass is 35.5. The van der Waals surface area contributed by atoms with Crippen molar-refractivity contribution in [3.8, 4) is 0 Å². The first-order chi connectivity index (χ1) is 14.4. The van der Waals surface area contributed by atoms with E-state index in [1.807, 2.05) is 12.1 Å². The molecule has 3 amide bonds. The summed E-state index contributed by atoms with van der Waals surface area (Å²) in [5, 5.41) is 17.3. The maximum absolute atomic E-state index is 12.5. The number of hydrogen-bond donors (Lipinski definition) is 3. The van der Waals surface area contributed by atoms with Gasteiger partial charge in [-0.1, -0.05) is 35.3 Å². The Balaban J connectivity index is 1.74. The lowest BCUT2D eigenvalue weighted by atomic mass is 10.1. The van der Waals surface area contributed by atoms with Crippen LogP contribution in [0.2, 0.25) is 10.0 Å². The molecular formula is C20H19Cl2N5O3. The van der Waals surface area contributed by atoms with Crippen molar-refractivity contribution in [2.45, 2.75) is 25.9 Å². The Hall–Kier alpha value is -3.10. The molecule has 3 rings (SSSR count). The first-order valence-electron chi connectivity index (χ1n) is 9.03. The minimum Gasteiger partial charge on any atom is -0.421 e. The number of anilines is 1. The Labute approximate surface area is 183 Å². The van der Waals surface area contributed by atoms with Crippen LogP contribution >= 0.6 is 23.2 Å². The Morgan fingerprint density at radius 1 is 1.00 bits per heavy atom. The summed E-state index contributed by atoms with van der Waals surface area (Å²) in [5.74, 6) is 0.241. The summed E-state index contributed by atoms with van der Waals surface area (Å²) < 4.78 is 5.64. The van der Waals surface area contributed by atoms with Gasteiger partial charge in [-0.15, -0.1) is 10.2 Å². The van der Waals surface area contributed by atoms with E-state index in [4.69, 9.17) is 27.6 Å². The first-order valence-corrected chi connectivity index (χ1v) is 9.79. The van der Waals surface area contributed by atoms with Crippen LogP contribution in [-0.2, 0) is 17.8 Å². The summed E-state index contributed by atoms with van der Waals surface area (Å²) in [7, 11) is 0. The minimum atomic E-state index is -0.600. The van der Waals surface area contributed by atoms with Crippen LogP contribution in [0.4, 0.5) is 10.5 Å². The monoisotopic (exact) mass is 447 g/mol. The number of benzene rings is 2. The molecule has 0 aliphatic heterocycles. The topological polar surface area (TPSA) is 109 Å². The van der Waals surface area contributed by atoms with Gasteiger partial charge in [-0.25, -0.2) is 4.79 Å². The molecule has 0 saturated heterocycles. The molecule has 156 valence electrons. The molecule has 10 heteroatoms. The molecule has 0 fully saturated rings. The van der Waals surface area contributed by atoms with Crippen LogP contribution in [0.1, 0.15) is 30.3 Å². The molecule has 30 heavy (non-hydrogen) atoms. The minimum absolute atomic E-state index is 0.104. The van der Waals surface area contributed by atoms with Gasteiger partial charge in [0.1, 0.15) is 6.04 Å². The van der Waals surface area contributed by atoms with E-state index in [1.54, 1.807) is 36.4 Å². The maximum Gasteiger partial charge on any atom is 0.319 e. The van der Waals surface area contributed by atoms with Crippen LogP contribution in [0.15, 0.2) is 52.9 Å². The molecule has 3 aromatic rings. The third-order valence-corrected chi connectivity index (χ3v) is 4.53. The van der Waals surface area contributed by atoms with Crippen molar-refractivity contribution >= 4 is 40.8 Å². The summed E-state index contributed by atoms with van der Waals surface area (Å²) in [6.45, 7) is 1.50. The quantitative estimate of drug-likeness (QED) is 0.504. The zero-order chi connectivity index (χ0) is 21.5. The molecule has 8 nitrogen and oxygen atoms in total. The van der Waals surface area contributed by atoms with Crippen LogP contribution in [0.3, 0.4) is 0 Å². The zero-order valence-corrected chi connectivity index (χ0v) is 17.5. The second kappa shape index (κ2) is 10.1. The molecule has 0 aliphatic rings. The second-order valence-corrected chi connectivity index (χ2v) is 7.31. The van der Waals surface area contributed by atoms with Crippen LogP contribution in [0, 0.1) is 0 Å². The summed E-state index contributed by atoms with van der Waals surface area (Å²) in [6.07, 6.45) is 0.396. The molecule has 0 saturated carbocycles. The molecule has 1 aromatic heterocycles. The number of rotatable bonds is 7. The van der Waals surface area contributed by atoms with Crippen LogP contribution in [0.5, 0.6) is 0 Å². The number of nitrogens with one attached hydrogen (secondary N) is 3. The fourth-order valence-electron chi connectivity index (χ4n) is 2.59. The molecule has 2 aromatic carbocycles. The standard InChI is InChI=1S/C20H19Cl2N5O3/c1-12(28)23-11-18-26-27-19(30-18)17(10-13-2-4-14(21)5-3-13)25-20(29)24-16-8-6-15(22)7-9-16/h2-9,17H,10-11H2,1H3,(H,23,28)(H2,24,25,29)/t17-/m0/s1. The fraction of sp³-hybridized carbons (Fsp3) is 0.200. The van der Waals surface area contributed by atoms with Gasteiger partial charge in [-0.3, -0.25) is 4.79 Å². The smallest absolute Gasteiger partial charge is 0.319 e. The molecule has 0 radical (unpaired) electrons. The average Bonchev–Trinajstić information content (AvgIpc) is 3.18. The summed E-state index contributed by atoms with van der Waals surface area (Å²) in [4.78, 5) is 23.6. The third-order valence-electron chi connectivity index (χ3n) is 4.03. The first kappa shape index (κ1) is 21.6. The Kier molecular flexibility index (Phi) is 7.26. The number of carbonyl (C=O) groups excluding carboxylic acids is 2. The normalized spacial score (nSPS) is 11.6. The van der Waals surface area contributed by atoms with E-state index in [-0.39, 0.29) is 24.2 Å². The molecule has 0 bridgehead atoms. The third kappa shape index (κ3) is 6.47. The molecule has 0 spiro atoms. The van der Waals surface area contributed by atoms with E-state index in [2.05, 4.69) is 26.1 Å². The van der Waals surface area contributed by atoms with E-state index in [1.165, 1.54) is 6.92 Å². The molecule has 0 aliphatic carbocycles.